The number of ether oxygens (including phenoxy) is 1. The Morgan fingerprint density at radius 3 is 2.64 bits per heavy atom. The van der Waals surface area contributed by atoms with Crippen LogP contribution in [0.3, 0.4) is 0 Å². The number of nitrogens with zero attached hydrogens (tertiary/aromatic N) is 6. The first kappa shape index (κ1) is 27.6. The monoisotopic (exact) mass is 564 g/mol. The van der Waals surface area contributed by atoms with Crippen molar-refractivity contribution in [1.29, 1.82) is 0 Å². The van der Waals surface area contributed by atoms with Crippen LogP contribution >= 0.6 is 0 Å². The number of esters is 1. The van der Waals surface area contributed by atoms with E-state index in [2.05, 4.69) is 46.6 Å². The van der Waals surface area contributed by atoms with Crippen molar-refractivity contribution in [3.8, 4) is 0 Å². The molecule has 3 heterocycles. The maximum atomic E-state index is 13.9. The Balaban J connectivity index is 1.35. The Hall–Kier alpha value is -4.53. The summed E-state index contributed by atoms with van der Waals surface area (Å²) in [6.45, 7) is 7.46. The number of hydrogen-bond acceptors (Lipinski definition) is 6. The smallest absolute Gasteiger partial charge is 0.306 e. The molecule has 5 aromatic rings. The van der Waals surface area contributed by atoms with Gasteiger partial charge in [-0.25, -0.2) is 4.68 Å². The van der Waals surface area contributed by atoms with Gasteiger partial charge in [0.05, 0.1) is 35.8 Å². The van der Waals surface area contributed by atoms with Gasteiger partial charge in [0.2, 0.25) is 0 Å². The Morgan fingerprint density at radius 2 is 1.86 bits per heavy atom. The van der Waals surface area contributed by atoms with Crippen molar-refractivity contribution in [3.63, 3.8) is 0 Å². The number of hydrogen-bond donors (Lipinski definition) is 0. The van der Waals surface area contributed by atoms with Gasteiger partial charge in [0.15, 0.2) is 0 Å². The van der Waals surface area contributed by atoms with E-state index in [9.17, 15) is 9.59 Å². The predicted molar refractivity (Wildman–Crippen MR) is 161 cm³/mol. The van der Waals surface area contributed by atoms with Gasteiger partial charge >= 0.3 is 5.97 Å². The molecule has 0 saturated heterocycles. The van der Waals surface area contributed by atoms with E-state index in [-0.39, 0.29) is 24.2 Å². The fraction of sp³-hybridized carbons (Fsp3) is 0.364. The molecule has 0 fully saturated rings. The van der Waals surface area contributed by atoms with Crippen LogP contribution in [-0.4, -0.2) is 54.7 Å². The zero-order valence-corrected chi connectivity index (χ0v) is 24.8. The third-order valence-corrected chi connectivity index (χ3v) is 8.66. The lowest BCUT2D eigenvalue weighted by molar-refractivity contribution is -0.143. The second-order valence-electron chi connectivity index (χ2n) is 11.1. The van der Waals surface area contributed by atoms with Crippen molar-refractivity contribution in [3.05, 3.63) is 87.6 Å². The molecule has 0 saturated carbocycles. The summed E-state index contributed by atoms with van der Waals surface area (Å²) in [5.41, 5.74) is 10.0. The van der Waals surface area contributed by atoms with Crippen molar-refractivity contribution >= 4 is 33.8 Å². The predicted octanol–water partition coefficient (Wildman–Crippen LogP) is 5.01. The number of benzene rings is 3. The van der Waals surface area contributed by atoms with E-state index in [1.54, 1.807) is 10.9 Å². The minimum absolute atomic E-state index is 0.0127. The van der Waals surface area contributed by atoms with Crippen molar-refractivity contribution in [2.24, 2.45) is 14.1 Å². The molecule has 6 rings (SSSR count). The number of aryl methyl sites for hydroxylation is 4. The summed E-state index contributed by atoms with van der Waals surface area (Å²) in [4.78, 5) is 28.6. The van der Waals surface area contributed by atoms with Crippen molar-refractivity contribution in [2.75, 3.05) is 13.2 Å². The number of amides is 1. The highest BCUT2D eigenvalue weighted by atomic mass is 16.5. The molecule has 42 heavy (non-hydrogen) atoms. The number of rotatable bonds is 7. The second kappa shape index (κ2) is 11.0. The van der Waals surface area contributed by atoms with Crippen LogP contribution in [0.1, 0.15) is 69.9 Å². The quantitative estimate of drug-likeness (QED) is 0.258. The molecule has 0 radical (unpaired) electrons. The molecular weight excluding hydrogens is 528 g/mol. The van der Waals surface area contributed by atoms with E-state index in [4.69, 9.17) is 4.74 Å². The Labute approximate surface area is 245 Å². The number of aromatic nitrogens is 5. The highest BCUT2D eigenvalue weighted by Crippen LogP contribution is 2.36. The number of fused-ring (bicyclic) bond motifs is 3. The molecule has 0 bridgehead atoms. The lowest BCUT2D eigenvalue weighted by atomic mass is 9.83. The van der Waals surface area contributed by atoms with E-state index in [0.717, 1.165) is 57.0 Å². The van der Waals surface area contributed by atoms with Crippen molar-refractivity contribution < 1.29 is 14.3 Å². The molecule has 1 aliphatic rings. The molecule has 0 aliphatic carbocycles. The molecule has 0 N–H and O–H groups in total. The second-order valence-corrected chi connectivity index (χ2v) is 11.1. The van der Waals surface area contributed by atoms with Crippen LogP contribution in [0.2, 0.25) is 0 Å². The van der Waals surface area contributed by atoms with Crippen LogP contribution in [-0.2, 0) is 43.0 Å². The number of carbonyl (C=O) groups excluding carboxylic acids is 2. The van der Waals surface area contributed by atoms with E-state index >= 15 is 0 Å². The topological polar surface area (TPSA) is 95.1 Å². The highest BCUT2D eigenvalue weighted by molar-refractivity contribution is 6.07. The summed E-state index contributed by atoms with van der Waals surface area (Å²) in [6, 6.07) is 14.5. The molecule has 3 aromatic carbocycles. The van der Waals surface area contributed by atoms with Gasteiger partial charge < -0.3 is 9.64 Å². The minimum atomic E-state index is -0.244. The Bertz CT molecular complexity index is 1830. The van der Waals surface area contributed by atoms with Gasteiger partial charge in [-0.3, -0.25) is 14.3 Å². The van der Waals surface area contributed by atoms with E-state index in [1.165, 1.54) is 11.1 Å². The van der Waals surface area contributed by atoms with Crippen molar-refractivity contribution in [1.82, 2.24) is 29.7 Å². The summed E-state index contributed by atoms with van der Waals surface area (Å²) < 4.78 is 8.99. The van der Waals surface area contributed by atoms with Crippen LogP contribution in [0.4, 0.5) is 0 Å². The Morgan fingerprint density at radius 1 is 1.02 bits per heavy atom. The van der Waals surface area contributed by atoms with Crippen LogP contribution < -0.4 is 0 Å². The first-order valence-corrected chi connectivity index (χ1v) is 14.6. The standard InChI is InChI=1S/C33H36N6O3/c1-6-21-10-11-26(28-18-34-38(5)32(21)28)33(41)39-15-14-22-8-9-23(16-24(22)19-39)27(17-30(40)42-7-2)25-12-13-29-31(20(25)3)35-36-37(29)4/h8-13,16,18,27H,6-7,14-15,17,19H2,1-5H3. The SMILES string of the molecule is CCOC(=O)CC(c1ccc2c(c1)CN(C(=O)c1ccc(CC)c3c1cnn3C)CC2)c1ccc2c(nnn2C)c1C. The van der Waals surface area contributed by atoms with Gasteiger partial charge in [-0.2, -0.15) is 5.10 Å². The van der Waals surface area contributed by atoms with Crippen LogP contribution in [0.25, 0.3) is 21.9 Å². The third-order valence-electron chi connectivity index (χ3n) is 8.66. The molecule has 1 unspecified atom stereocenters. The maximum Gasteiger partial charge on any atom is 0.306 e. The highest BCUT2D eigenvalue weighted by Gasteiger charge is 2.27. The minimum Gasteiger partial charge on any atom is -0.466 e. The summed E-state index contributed by atoms with van der Waals surface area (Å²) in [7, 11) is 3.80. The zero-order valence-electron chi connectivity index (χ0n) is 24.8. The largest absolute Gasteiger partial charge is 0.466 e. The normalized spacial score (nSPS) is 13.9. The van der Waals surface area contributed by atoms with Gasteiger partial charge in [-0.05, 0) is 72.2 Å². The van der Waals surface area contributed by atoms with Gasteiger partial charge in [0.25, 0.3) is 5.91 Å². The fourth-order valence-corrected chi connectivity index (χ4v) is 6.40. The molecule has 9 nitrogen and oxygen atoms in total. The lowest BCUT2D eigenvalue weighted by Gasteiger charge is -2.30. The van der Waals surface area contributed by atoms with E-state index in [0.29, 0.717) is 25.3 Å². The summed E-state index contributed by atoms with van der Waals surface area (Å²) in [5, 5.41) is 13.9. The fourth-order valence-electron chi connectivity index (χ4n) is 6.40. The van der Waals surface area contributed by atoms with Gasteiger partial charge in [0, 0.05) is 38.5 Å². The molecular formula is C33H36N6O3. The number of carbonyl (C=O) groups is 2. The van der Waals surface area contributed by atoms with E-state index < -0.39 is 0 Å². The summed E-state index contributed by atoms with van der Waals surface area (Å²) >= 11 is 0. The molecule has 1 aliphatic heterocycles. The average molecular weight is 565 g/mol. The summed E-state index contributed by atoms with van der Waals surface area (Å²) in [6.07, 6.45) is 3.66. The van der Waals surface area contributed by atoms with Gasteiger partial charge in [0.1, 0.15) is 5.52 Å². The zero-order chi connectivity index (χ0) is 29.5. The molecule has 1 atom stereocenters. The first-order chi connectivity index (χ1) is 20.3. The molecule has 2 aromatic heterocycles. The molecule has 216 valence electrons. The summed E-state index contributed by atoms with van der Waals surface area (Å²) in [5.74, 6) is -0.450. The van der Waals surface area contributed by atoms with Crippen LogP contribution in [0, 0.1) is 6.92 Å². The van der Waals surface area contributed by atoms with Crippen LogP contribution in [0.15, 0.2) is 48.7 Å². The molecule has 1 amide bonds. The van der Waals surface area contributed by atoms with Crippen LogP contribution in [0.5, 0.6) is 0 Å². The van der Waals surface area contributed by atoms with E-state index in [1.807, 2.05) is 55.7 Å². The van der Waals surface area contributed by atoms with Crippen molar-refractivity contribution in [2.45, 2.75) is 52.5 Å². The lowest BCUT2D eigenvalue weighted by Crippen LogP contribution is -2.36. The Kier molecular flexibility index (Phi) is 7.26. The molecule has 9 heteroatoms. The maximum absolute atomic E-state index is 13.9. The molecule has 0 spiro atoms. The third kappa shape index (κ3) is 4.72. The average Bonchev–Trinajstić information content (AvgIpc) is 3.58. The first-order valence-electron chi connectivity index (χ1n) is 14.6. The van der Waals surface area contributed by atoms with Gasteiger partial charge in [-0.15, -0.1) is 5.10 Å². The van der Waals surface area contributed by atoms with Gasteiger partial charge in [-0.1, -0.05) is 42.5 Å².